The Bertz CT molecular complexity index is 773. The van der Waals surface area contributed by atoms with Gasteiger partial charge in [-0.1, -0.05) is 54.1 Å². The summed E-state index contributed by atoms with van der Waals surface area (Å²) >= 11 is 5.91. The van der Waals surface area contributed by atoms with Crippen LogP contribution in [0.5, 0.6) is 0 Å². The summed E-state index contributed by atoms with van der Waals surface area (Å²) in [5, 5.41) is 13.1. The van der Waals surface area contributed by atoms with Crippen molar-refractivity contribution in [3.05, 3.63) is 76.3 Å². The molecular formula is C18H13ClN2O. The number of carbonyl (C=O) groups is 1. The summed E-state index contributed by atoms with van der Waals surface area (Å²) in [5.74, 6) is -0.302. The minimum Gasteiger partial charge on any atom is -0.325 e. The van der Waals surface area contributed by atoms with Gasteiger partial charge in [-0.3, -0.25) is 4.79 Å². The van der Waals surface area contributed by atoms with Crippen molar-refractivity contribution in [2.75, 3.05) is 0 Å². The van der Waals surface area contributed by atoms with Crippen LogP contribution in [0.3, 0.4) is 0 Å². The van der Waals surface area contributed by atoms with E-state index >= 15 is 0 Å². The number of hydrogen-bond acceptors (Lipinski definition) is 2. The van der Waals surface area contributed by atoms with Gasteiger partial charge in [-0.25, -0.2) is 0 Å². The van der Waals surface area contributed by atoms with E-state index in [2.05, 4.69) is 11.4 Å². The number of halogens is 1. The molecule has 3 nitrogen and oxygen atoms in total. The number of benzene rings is 2. The van der Waals surface area contributed by atoms with Crippen LogP contribution in [0.15, 0.2) is 60.2 Å². The molecule has 1 amide bonds. The van der Waals surface area contributed by atoms with Gasteiger partial charge in [0.2, 0.25) is 5.91 Å². The van der Waals surface area contributed by atoms with Gasteiger partial charge in [-0.15, -0.1) is 0 Å². The summed E-state index contributed by atoms with van der Waals surface area (Å²) in [6, 6.07) is 19.0. The molecule has 0 saturated carbocycles. The molecule has 1 heterocycles. The molecule has 0 aliphatic carbocycles. The molecule has 108 valence electrons. The van der Waals surface area contributed by atoms with Gasteiger partial charge in [-0.05, 0) is 23.3 Å². The molecule has 0 saturated heterocycles. The maximum atomic E-state index is 12.1. The molecule has 2 aromatic carbocycles. The lowest BCUT2D eigenvalue weighted by atomic mass is 9.83. The van der Waals surface area contributed by atoms with E-state index in [1.807, 2.05) is 42.5 Å². The van der Waals surface area contributed by atoms with Crippen LogP contribution in [0.4, 0.5) is 0 Å². The molecule has 4 heteroatoms. The lowest BCUT2D eigenvalue weighted by Gasteiger charge is -2.25. The van der Waals surface area contributed by atoms with E-state index in [0.717, 1.165) is 11.1 Å². The van der Waals surface area contributed by atoms with Gasteiger partial charge >= 0.3 is 0 Å². The van der Waals surface area contributed by atoms with Gasteiger partial charge in [0.15, 0.2) is 0 Å². The van der Waals surface area contributed by atoms with Gasteiger partial charge in [0.1, 0.15) is 0 Å². The Morgan fingerprint density at radius 3 is 2.41 bits per heavy atom. The molecule has 1 atom stereocenters. The summed E-state index contributed by atoms with van der Waals surface area (Å²) < 4.78 is 0. The highest BCUT2D eigenvalue weighted by atomic mass is 35.5. The molecule has 22 heavy (non-hydrogen) atoms. The third-order valence-electron chi connectivity index (χ3n) is 3.73. The van der Waals surface area contributed by atoms with Crippen LogP contribution >= 0.6 is 11.6 Å². The number of nitriles is 1. The molecule has 1 aliphatic heterocycles. The Morgan fingerprint density at radius 2 is 1.77 bits per heavy atom. The number of nitrogens with zero attached hydrogens (tertiary/aromatic N) is 1. The molecule has 1 N–H and O–H groups in total. The van der Waals surface area contributed by atoms with Gasteiger partial charge in [0.25, 0.3) is 0 Å². The first-order chi connectivity index (χ1) is 10.7. The highest BCUT2D eigenvalue weighted by Crippen LogP contribution is 2.35. The second kappa shape index (κ2) is 6.05. The fourth-order valence-corrected chi connectivity index (χ4v) is 2.79. The SMILES string of the molecule is N#CC1=C(c2ccc(Cl)cc2)NC(=O)CC1c1ccccc1. The zero-order valence-corrected chi connectivity index (χ0v) is 12.5. The average molecular weight is 309 g/mol. The molecule has 1 aliphatic rings. The van der Waals surface area contributed by atoms with E-state index in [-0.39, 0.29) is 18.2 Å². The molecule has 2 aromatic rings. The molecule has 0 fully saturated rings. The third kappa shape index (κ3) is 2.74. The number of nitrogens with one attached hydrogen (secondary N) is 1. The first-order valence-electron chi connectivity index (χ1n) is 6.94. The maximum Gasteiger partial charge on any atom is 0.225 e. The Balaban J connectivity index is 2.12. The molecule has 0 radical (unpaired) electrons. The molecule has 0 aromatic heterocycles. The maximum absolute atomic E-state index is 12.1. The zero-order chi connectivity index (χ0) is 15.5. The van der Waals surface area contributed by atoms with Crippen molar-refractivity contribution in [3.63, 3.8) is 0 Å². The van der Waals surface area contributed by atoms with Crippen LogP contribution in [-0.2, 0) is 4.79 Å². The van der Waals surface area contributed by atoms with Crippen molar-refractivity contribution in [3.8, 4) is 6.07 Å². The van der Waals surface area contributed by atoms with Crippen LogP contribution < -0.4 is 5.32 Å². The van der Waals surface area contributed by atoms with Crippen molar-refractivity contribution in [2.24, 2.45) is 0 Å². The van der Waals surface area contributed by atoms with Crippen molar-refractivity contribution >= 4 is 23.2 Å². The quantitative estimate of drug-likeness (QED) is 0.915. The van der Waals surface area contributed by atoms with Crippen LogP contribution in [-0.4, -0.2) is 5.91 Å². The van der Waals surface area contributed by atoms with E-state index in [9.17, 15) is 10.1 Å². The van der Waals surface area contributed by atoms with Gasteiger partial charge < -0.3 is 5.32 Å². The average Bonchev–Trinajstić information content (AvgIpc) is 2.55. The smallest absolute Gasteiger partial charge is 0.225 e. The summed E-state index contributed by atoms with van der Waals surface area (Å²) in [6.45, 7) is 0. The third-order valence-corrected chi connectivity index (χ3v) is 3.98. The Hall–Kier alpha value is -2.57. The Labute approximate surface area is 133 Å². The normalized spacial score (nSPS) is 17.8. The molecule has 1 unspecified atom stereocenters. The first-order valence-corrected chi connectivity index (χ1v) is 7.32. The monoisotopic (exact) mass is 308 g/mol. The van der Waals surface area contributed by atoms with E-state index in [1.54, 1.807) is 12.1 Å². The highest BCUT2D eigenvalue weighted by Gasteiger charge is 2.29. The van der Waals surface area contributed by atoms with Crippen molar-refractivity contribution in [1.82, 2.24) is 5.32 Å². The summed E-state index contributed by atoms with van der Waals surface area (Å²) in [7, 11) is 0. The van der Waals surface area contributed by atoms with Gasteiger partial charge in [0.05, 0.1) is 17.3 Å². The molecule has 0 spiro atoms. The largest absolute Gasteiger partial charge is 0.325 e. The van der Waals surface area contributed by atoms with E-state index < -0.39 is 0 Å². The second-order valence-electron chi connectivity index (χ2n) is 5.12. The number of rotatable bonds is 2. The predicted molar refractivity (Wildman–Crippen MR) is 85.9 cm³/mol. The Morgan fingerprint density at radius 1 is 1.09 bits per heavy atom. The summed E-state index contributed by atoms with van der Waals surface area (Å²) in [6.07, 6.45) is 0.282. The Kier molecular flexibility index (Phi) is 3.95. The molecule has 3 rings (SSSR count). The first kappa shape index (κ1) is 14.4. The number of hydrogen-bond donors (Lipinski definition) is 1. The number of amides is 1. The zero-order valence-electron chi connectivity index (χ0n) is 11.7. The van der Waals surface area contributed by atoms with Crippen molar-refractivity contribution < 1.29 is 4.79 Å². The fourth-order valence-electron chi connectivity index (χ4n) is 2.67. The van der Waals surface area contributed by atoms with Crippen LogP contribution in [0.1, 0.15) is 23.5 Å². The lowest BCUT2D eigenvalue weighted by molar-refractivity contribution is -0.120. The van der Waals surface area contributed by atoms with Gasteiger partial charge in [-0.2, -0.15) is 5.26 Å². The van der Waals surface area contributed by atoms with E-state index in [0.29, 0.717) is 16.3 Å². The van der Waals surface area contributed by atoms with Crippen molar-refractivity contribution in [1.29, 1.82) is 5.26 Å². The minimum absolute atomic E-state index is 0.0854. The second-order valence-corrected chi connectivity index (χ2v) is 5.56. The van der Waals surface area contributed by atoms with E-state index in [1.165, 1.54) is 0 Å². The minimum atomic E-state index is -0.217. The lowest BCUT2D eigenvalue weighted by Crippen LogP contribution is -2.31. The van der Waals surface area contributed by atoms with Crippen LogP contribution in [0, 0.1) is 11.3 Å². The van der Waals surface area contributed by atoms with Crippen molar-refractivity contribution in [2.45, 2.75) is 12.3 Å². The van der Waals surface area contributed by atoms with Gasteiger partial charge in [0, 0.05) is 17.4 Å². The fraction of sp³-hybridized carbons (Fsp3) is 0.111. The van der Waals surface area contributed by atoms with E-state index in [4.69, 9.17) is 11.6 Å². The summed E-state index contributed by atoms with van der Waals surface area (Å²) in [5.41, 5.74) is 2.91. The topological polar surface area (TPSA) is 52.9 Å². The molecule has 0 bridgehead atoms. The number of carbonyl (C=O) groups excluding carboxylic acids is 1. The standard InChI is InChI=1S/C18H13ClN2O/c19-14-8-6-13(7-9-14)18-16(11-20)15(10-17(22)21-18)12-4-2-1-3-5-12/h1-9,15H,10H2,(H,21,22). The van der Waals surface area contributed by atoms with Crippen LogP contribution in [0.2, 0.25) is 5.02 Å². The molecular weight excluding hydrogens is 296 g/mol. The predicted octanol–water partition coefficient (Wildman–Crippen LogP) is 3.88. The summed E-state index contributed by atoms with van der Waals surface area (Å²) in [4.78, 5) is 12.1. The highest BCUT2D eigenvalue weighted by molar-refractivity contribution is 6.30. The van der Waals surface area contributed by atoms with Crippen LogP contribution in [0.25, 0.3) is 5.70 Å². The number of allylic oxidation sites excluding steroid dienone is 1.